The van der Waals surface area contributed by atoms with Crippen molar-refractivity contribution in [2.45, 2.75) is 34.2 Å². The van der Waals surface area contributed by atoms with Crippen molar-refractivity contribution in [3.63, 3.8) is 0 Å². The molecule has 0 aliphatic carbocycles. The second-order valence-electron chi connectivity index (χ2n) is 8.56. The van der Waals surface area contributed by atoms with Gasteiger partial charge in [0.15, 0.2) is 11.5 Å². The summed E-state index contributed by atoms with van der Waals surface area (Å²) in [5.74, 6) is 1.09. The second-order valence-corrected chi connectivity index (χ2v) is 8.56. The minimum Gasteiger partial charge on any atom is -0.490 e. The summed E-state index contributed by atoms with van der Waals surface area (Å²) in [5.41, 5.74) is 5.92. The van der Waals surface area contributed by atoms with Crippen molar-refractivity contribution in [3.8, 4) is 11.5 Å². The predicted octanol–water partition coefficient (Wildman–Crippen LogP) is 6.26. The lowest BCUT2D eigenvalue weighted by molar-refractivity contribution is -0.110. The van der Waals surface area contributed by atoms with Crippen LogP contribution in [-0.4, -0.2) is 37.1 Å². The summed E-state index contributed by atoms with van der Waals surface area (Å²) in [6.45, 7) is 12.2. The fraction of sp³-hybridized carbons (Fsp3) is 0.300. The Balaban J connectivity index is 1.77. The molecular weight excluding hydrogens is 450 g/mol. The minimum atomic E-state index is -0.161. The lowest BCUT2D eigenvalue weighted by Crippen LogP contribution is -2.22. The Hall–Kier alpha value is -3.77. The fourth-order valence-electron chi connectivity index (χ4n) is 4.39. The molecule has 0 atom stereocenters. The molecule has 0 spiro atoms. The van der Waals surface area contributed by atoms with E-state index >= 15 is 0 Å². The number of amides is 1. The number of nitrogens with zero attached hydrogens (tertiary/aromatic N) is 1. The SMILES string of the molecule is CCOc1cc2c(cc1OCC)C(=C(Nc1ccc(CN(CC)CC)cc1)c1ccccc1)C(=O)N2. The van der Waals surface area contributed by atoms with Crippen LogP contribution in [0.25, 0.3) is 11.3 Å². The van der Waals surface area contributed by atoms with Crippen molar-refractivity contribution in [2.24, 2.45) is 0 Å². The third-order valence-electron chi connectivity index (χ3n) is 6.26. The molecule has 0 saturated carbocycles. The molecule has 1 amide bonds. The van der Waals surface area contributed by atoms with Gasteiger partial charge in [-0.2, -0.15) is 0 Å². The van der Waals surface area contributed by atoms with Crippen molar-refractivity contribution >= 4 is 28.6 Å². The topological polar surface area (TPSA) is 62.8 Å². The smallest absolute Gasteiger partial charge is 0.258 e. The Labute approximate surface area is 213 Å². The van der Waals surface area contributed by atoms with Crippen molar-refractivity contribution in [3.05, 3.63) is 83.4 Å². The van der Waals surface area contributed by atoms with E-state index in [1.54, 1.807) is 0 Å². The van der Waals surface area contributed by atoms with E-state index in [1.807, 2.05) is 56.3 Å². The Bertz CT molecular complexity index is 1220. The van der Waals surface area contributed by atoms with Gasteiger partial charge in [-0.1, -0.05) is 56.3 Å². The first kappa shape index (κ1) is 25.3. The maximum Gasteiger partial charge on any atom is 0.258 e. The zero-order valence-corrected chi connectivity index (χ0v) is 21.6. The summed E-state index contributed by atoms with van der Waals surface area (Å²) in [4.78, 5) is 15.7. The van der Waals surface area contributed by atoms with E-state index in [4.69, 9.17) is 9.47 Å². The van der Waals surface area contributed by atoms with Gasteiger partial charge in [-0.05, 0) is 56.3 Å². The van der Waals surface area contributed by atoms with Crippen molar-refractivity contribution in [1.82, 2.24) is 4.90 Å². The van der Waals surface area contributed by atoms with Gasteiger partial charge in [-0.3, -0.25) is 9.69 Å². The summed E-state index contributed by atoms with van der Waals surface area (Å²) in [6.07, 6.45) is 0. The van der Waals surface area contributed by atoms with Crippen molar-refractivity contribution < 1.29 is 14.3 Å². The van der Waals surface area contributed by atoms with E-state index in [0.717, 1.165) is 42.1 Å². The van der Waals surface area contributed by atoms with Crippen LogP contribution >= 0.6 is 0 Å². The largest absolute Gasteiger partial charge is 0.490 e. The molecule has 1 heterocycles. The molecule has 0 bridgehead atoms. The lowest BCUT2D eigenvalue weighted by atomic mass is 9.99. The number of anilines is 2. The van der Waals surface area contributed by atoms with Gasteiger partial charge in [0.2, 0.25) is 0 Å². The number of benzene rings is 3. The molecule has 1 aliphatic heterocycles. The molecule has 4 rings (SSSR count). The van der Waals surface area contributed by atoms with Gasteiger partial charge < -0.3 is 20.1 Å². The third kappa shape index (κ3) is 5.55. The number of carbonyl (C=O) groups excluding carboxylic acids is 1. The molecule has 0 aromatic heterocycles. The molecule has 3 aromatic carbocycles. The standard InChI is InChI=1S/C30H35N3O3/c1-5-33(6-2)20-21-14-16-23(17-15-21)31-29(22-12-10-9-11-13-22)28-24-18-26(35-7-3)27(36-8-4)19-25(24)32-30(28)34/h9-19,31H,5-8,20H2,1-4H3,(H,32,34). The van der Waals surface area contributed by atoms with Crippen LogP contribution in [0.5, 0.6) is 11.5 Å². The minimum absolute atomic E-state index is 0.161. The average molecular weight is 486 g/mol. The zero-order chi connectivity index (χ0) is 25.5. The number of hydrogen-bond acceptors (Lipinski definition) is 5. The third-order valence-corrected chi connectivity index (χ3v) is 6.26. The van der Waals surface area contributed by atoms with E-state index in [0.29, 0.717) is 36.0 Å². The molecule has 1 aliphatic rings. The van der Waals surface area contributed by atoms with Gasteiger partial charge in [0.05, 0.1) is 30.2 Å². The number of carbonyl (C=O) groups is 1. The molecule has 6 nitrogen and oxygen atoms in total. The van der Waals surface area contributed by atoms with Crippen LogP contribution < -0.4 is 20.1 Å². The van der Waals surface area contributed by atoms with Crippen LogP contribution in [0.3, 0.4) is 0 Å². The summed E-state index contributed by atoms with van der Waals surface area (Å²) < 4.78 is 11.6. The van der Waals surface area contributed by atoms with E-state index in [-0.39, 0.29) is 5.91 Å². The van der Waals surface area contributed by atoms with Gasteiger partial charge in [0, 0.05) is 23.9 Å². The van der Waals surface area contributed by atoms with Crippen LogP contribution in [-0.2, 0) is 11.3 Å². The van der Waals surface area contributed by atoms with Crippen LogP contribution in [0.2, 0.25) is 0 Å². The highest BCUT2D eigenvalue weighted by Crippen LogP contribution is 2.43. The van der Waals surface area contributed by atoms with Crippen LogP contribution in [0.15, 0.2) is 66.7 Å². The maximum atomic E-state index is 13.3. The Kier molecular flexibility index (Phi) is 8.28. The summed E-state index contributed by atoms with van der Waals surface area (Å²) >= 11 is 0. The monoisotopic (exact) mass is 485 g/mol. The number of hydrogen-bond donors (Lipinski definition) is 2. The normalized spacial score (nSPS) is 13.9. The Morgan fingerprint density at radius 1 is 0.861 bits per heavy atom. The molecule has 2 N–H and O–H groups in total. The molecule has 0 fully saturated rings. The molecule has 0 unspecified atom stereocenters. The van der Waals surface area contributed by atoms with Gasteiger partial charge >= 0.3 is 0 Å². The van der Waals surface area contributed by atoms with Crippen LogP contribution in [0.1, 0.15) is 44.4 Å². The van der Waals surface area contributed by atoms with Gasteiger partial charge in [0.25, 0.3) is 5.91 Å². The molecule has 6 heteroatoms. The second kappa shape index (κ2) is 11.8. The lowest BCUT2D eigenvalue weighted by Gasteiger charge is -2.19. The molecule has 188 valence electrons. The van der Waals surface area contributed by atoms with Crippen molar-refractivity contribution in [2.75, 3.05) is 36.9 Å². The Morgan fingerprint density at radius 3 is 2.11 bits per heavy atom. The highest BCUT2D eigenvalue weighted by Gasteiger charge is 2.30. The van der Waals surface area contributed by atoms with Gasteiger partial charge in [-0.15, -0.1) is 0 Å². The summed E-state index contributed by atoms with van der Waals surface area (Å²) in [5, 5.41) is 6.56. The Morgan fingerprint density at radius 2 is 1.50 bits per heavy atom. The predicted molar refractivity (Wildman–Crippen MR) is 147 cm³/mol. The number of ether oxygens (including phenoxy) is 2. The van der Waals surface area contributed by atoms with E-state index in [2.05, 4.69) is 53.6 Å². The quantitative estimate of drug-likeness (QED) is 0.314. The number of nitrogens with one attached hydrogen (secondary N) is 2. The van der Waals surface area contributed by atoms with E-state index in [9.17, 15) is 4.79 Å². The van der Waals surface area contributed by atoms with Gasteiger partial charge in [-0.25, -0.2) is 0 Å². The van der Waals surface area contributed by atoms with Gasteiger partial charge in [0.1, 0.15) is 0 Å². The maximum absolute atomic E-state index is 13.3. The first-order valence-electron chi connectivity index (χ1n) is 12.7. The van der Waals surface area contributed by atoms with E-state index < -0.39 is 0 Å². The zero-order valence-electron chi connectivity index (χ0n) is 21.6. The van der Waals surface area contributed by atoms with E-state index in [1.165, 1.54) is 5.56 Å². The molecule has 3 aromatic rings. The fourth-order valence-corrected chi connectivity index (χ4v) is 4.39. The first-order valence-corrected chi connectivity index (χ1v) is 12.7. The highest BCUT2D eigenvalue weighted by atomic mass is 16.5. The average Bonchev–Trinajstić information content (AvgIpc) is 3.22. The number of fused-ring (bicyclic) bond motifs is 1. The summed E-state index contributed by atoms with van der Waals surface area (Å²) in [7, 11) is 0. The molecule has 0 saturated heterocycles. The highest BCUT2D eigenvalue weighted by molar-refractivity contribution is 6.37. The van der Waals surface area contributed by atoms with Crippen LogP contribution in [0, 0.1) is 0 Å². The number of rotatable bonds is 11. The van der Waals surface area contributed by atoms with Crippen LogP contribution in [0.4, 0.5) is 11.4 Å². The first-order chi connectivity index (χ1) is 17.6. The molecular formula is C30H35N3O3. The summed E-state index contributed by atoms with van der Waals surface area (Å²) in [6, 6.07) is 22.1. The van der Waals surface area contributed by atoms with Crippen molar-refractivity contribution in [1.29, 1.82) is 0 Å². The molecule has 0 radical (unpaired) electrons. The molecule has 36 heavy (non-hydrogen) atoms.